The summed E-state index contributed by atoms with van der Waals surface area (Å²) in [6.07, 6.45) is 3.58. The van der Waals surface area contributed by atoms with Gasteiger partial charge < -0.3 is 35.5 Å². The van der Waals surface area contributed by atoms with Crippen LogP contribution in [0.1, 0.15) is 53.6 Å². The van der Waals surface area contributed by atoms with Crippen molar-refractivity contribution in [2.45, 2.75) is 44.9 Å². The molecule has 32 heavy (non-hydrogen) atoms. The van der Waals surface area contributed by atoms with Gasteiger partial charge >= 0.3 is 0 Å². The van der Waals surface area contributed by atoms with E-state index >= 15 is 0 Å². The summed E-state index contributed by atoms with van der Waals surface area (Å²) in [5.74, 6) is 1.56. The summed E-state index contributed by atoms with van der Waals surface area (Å²) in [6, 6.07) is 3.18. The molecule has 10 nitrogen and oxygen atoms in total. The molecule has 3 aromatic rings. The Hall–Kier alpha value is -3.21. The zero-order valence-corrected chi connectivity index (χ0v) is 18.3. The number of ether oxygens (including phenoxy) is 1. The van der Waals surface area contributed by atoms with Gasteiger partial charge in [0.25, 0.3) is 5.89 Å². The lowest BCUT2D eigenvalue weighted by Gasteiger charge is -2.19. The van der Waals surface area contributed by atoms with E-state index in [2.05, 4.69) is 25.4 Å². The van der Waals surface area contributed by atoms with Crippen molar-refractivity contribution < 1.29 is 19.5 Å². The number of aliphatic hydroxyl groups excluding tert-OH is 1. The van der Waals surface area contributed by atoms with Crippen molar-refractivity contribution in [1.29, 1.82) is 0 Å². The molecule has 2 atom stereocenters. The second-order valence-electron chi connectivity index (χ2n) is 7.83. The number of methoxy groups -OCH3 is 1. The lowest BCUT2D eigenvalue weighted by atomic mass is 9.90. The van der Waals surface area contributed by atoms with Crippen LogP contribution in [0.15, 0.2) is 22.7 Å². The van der Waals surface area contributed by atoms with Gasteiger partial charge in [-0.1, -0.05) is 18.2 Å². The van der Waals surface area contributed by atoms with Crippen LogP contribution in [0.25, 0.3) is 17.5 Å². The minimum absolute atomic E-state index is 0.0514. The van der Waals surface area contributed by atoms with Gasteiger partial charge in [0.2, 0.25) is 5.88 Å². The number of hydrogen-bond acceptors (Lipinski definition) is 9. The minimum atomic E-state index is -1.39. The number of nitrogens with one attached hydrogen (secondary N) is 2. The molecule has 0 aromatic carbocycles. The van der Waals surface area contributed by atoms with E-state index in [1.165, 1.54) is 7.11 Å². The van der Waals surface area contributed by atoms with E-state index in [-0.39, 0.29) is 18.4 Å². The third-order valence-electron chi connectivity index (χ3n) is 5.67. The largest absolute Gasteiger partial charge is 0.481 e. The molecular formula is C22H28N6O4. The first kappa shape index (κ1) is 22.0. The first-order chi connectivity index (χ1) is 15.4. The van der Waals surface area contributed by atoms with Gasteiger partial charge in [0.15, 0.2) is 12.1 Å². The molecule has 0 amide bonds. The molecule has 2 unspecified atom stereocenters. The zero-order valence-electron chi connectivity index (χ0n) is 18.3. The second kappa shape index (κ2) is 9.11. The van der Waals surface area contributed by atoms with E-state index in [0.29, 0.717) is 35.4 Å². The normalized spacial score (nSPS) is 16.4. The van der Waals surface area contributed by atoms with Crippen LogP contribution in [-0.4, -0.2) is 50.3 Å². The Morgan fingerprint density at radius 2 is 2.16 bits per heavy atom. The monoisotopic (exact) mass is 440 g/mol. The number of rotatable bonds is 8. The predicted octanol–water partition coefficient (Wildman–Crippen LogP) is 2.06. The fourth-order valence-corrected chi connectivity index (χ4v) is 4.13. The minimum Gasteiger partial charge on any atom is -0.481 e. The Labute approximate surface area is 185 Å². The van der Waals surface area contributed by atoms with Gasteiger partial charge in [0.05, 0.1) is 13.2 Å². The number of anilines is 1. The van der Waals surface area contributed by atoms with E-state index in [1.54, 1.807) is 12.1 Å². The van der Waals surface area contributed by atoms with Crippen LogP contribution in [0, 0.1) is 6.92 Å². The molecule has 10 heteroatoms. The molecule has 3 heterocycles. The van der Waals surface area contributed by atoms with Crippen LogP contribution in [0.2, 0.25) is 0 Å². The zero-order chi connectivity index (χ0) is 22.8. The van der Waals surface area contributed by atoms with Crippen LogP contribution in [-0.2, 0) is 6.42 Å². The highest BCUT2D eigenvalue weighted by atomic mass is 16.5. The molecule has 0 saturated carbocycles. The van der Waals surface area contributed by atoms with Crippen LogP contribution < -0.4 is 15.8 Å². The Bertz CT molecular complexity index is 1120. The molecule has 4 rings (SSSR count). The number of aromatic amines is 1. The maximum absolute atomic E-state index is 9.48. The number of nitrogen functional groups attached to an aromatic ring is 1. The van der Waals surface area contributed by atoms with Crippen LogP contribution in [0.5, 0.6) is 5.88 Å². The van der Waals surface area contributed by atoms with Gasteiger partial charge in [-0.25, -0.2) is 0 Å². The Kier molecular flexibility index (Phi) is 6.26. The van der Waals surface area contributed by atoms with Crippen molar-refractivity contribution in [3.63, 3.8) is 0 Å². The fourth-order valence-electron chi connectivity index (χ4n) is 4.13. The van der Waals surface area contributed by atoms with Gasteiger partial charge in [-0.3, -0.25) is 0 Å². The standard InChI is InChI=1S/C22H28N6O4/c1-4-24-16(10-19(29)30)20-11(2)14-7-12(5-6-15(14)25-20)21-27-22(32-28-21)13-8-17(23)26-18(9-13)31-3/h5-6,8-9,12,16,19,24-25,29-30H,4,7,10H2,1-3H3,(H2,23,26). The summed E-state index contributed by atoms with van der Waals surface area (Å²) in [6.45, 7) is 4.75. The third-order valence-corrected chi connectivity index (χ3v) is 5.67. The third kappa shape index (κ3) is 4.38. The lowest BCUT2D eigenvalue weighted by molar-refractivity contribution is -0.0520. The summed E-state index contributed by atoms with van der Waals surface area (Å²) >= 11 is 0. The summed E-state index contributed by atoms with van der Waals surface area (Å²) in [4.78, 5) is 12.1. The molecule has 0 bridgehead atoms. The van der Waals surface area contributed by atoms with Crippen LogP contribution in [0.3, 0.4) is 0 Å². The van der Waals surface area contributed by atoms with Gasteiger partial charge in [-0.2, -0.15) is 9.97 Å². The maximum Gasteiger partial charge on any atom is 0.258 e. The second-order valence-corrected chi connectivity index (χ2v) is 7.83. The van der Waals surface area contributed by atoms with E-state index in [9.17, 15) is 10.2 Å². The molecule has 0 spiro atoms. The van der Waals surface area contributed by atoms with Gasteiger partial charge in [-0.15, -0.1) is 0 Å². The van der Waals surface area contributed by atoms with Crippen molar-refractivity contribution in [2.75, 3.05) is 19.4 Å². The number of nitrogens with zero attached hydrogens (tertiary/aromatic N) is 3. The smallest absolute Gasteiger partial charge is 0.258 e. The van der Waals surface area contributed by atoms with E-state index in [1.807, 2.05) is 26.0 Å². The molecule has 0 saturated heterocycles. The highest BCUT2D eigenvalue weighted by molar-refractivity contribution is 5.61. The Balaban J connectivity index is 1.58. The number of aromatic nitrogens is 4. The molecule has 170 valence electrons. The van der Waals surface area contributed by atoms with Crippen molar-refractivity contribution in [1.82, 2.24) is 25.4 Å². The number of H-pyrrole nitrogens is 1. The van der Waals surface area contributed by atoms with Crippen molar-refractivity contribution in [3.05, 3.63) is 46.5 Å². The first-order valence-electron chi connectivity index (χ1n) is 10.5. The Morgan fingerprint density at radius 3 is 2.88 bits per heavy atom. The van der Waals surface area contributed by atoms with E-state index in [0.717, 1.165) is 29.1 Å². The maximum atomic E-state index is 9.48. The Morgan fingerprint density at radius 1 is 1.34 bits per heavy atom. The average Bonchev–Trinajstić information content (AvgIpc) is 3.38. The number of hydrogen-bond donors (Lipinski definition) is 5. The number of pyridine rings is 1. The highest BCUT2D eigenvalue weighted by Gasteiger charge is 2.27. The van der Waals surface area contributed by atoms with Crippen LogP contribution in [0.4, 0.5) is 5.82 Å². The lowest BCUT2D eigenvalue weighted by Crippen LogP contribution is -2.26. The van der Waals surface area contributed by atoms with Gasteiger partial charge in [-0.05, 0) is 43.2 Å². The van der Waals surface area contributed by atoms with Crippen molar-refractivity contribution in [2.24, 2.45) is 0 Å². The number of allylic oxidation sites excluding steroid dienone is 1. The fraction of sp³-hybridized carbons (Fsp3) is 0.409. The van der Waals surface area contributed by atoms with E-state index < -0.39 is 6.29 Å². The number of fused-ring (bicyclic) bond motifs is 1. The van der Waals surface area contributed by atoms with Crippen molar-refractivity contribution in [3.8, 4) is 17.3 Å². The molecule has 1 aliphatic rings. The summed E-state index contributed by atoms with van der Waals surface area (Å²) < 4.78 is 10.7. The SMILES string of the molecule is CCNC(CC(O)O)c1[nH]c2c(c1C)CC(c1noc(-c3cc(N)nc(OC)c3)n1)C=C2. The number of aliphatic hydroxyl groups is 2. The molecule has 0 aliphatic heterocycles. The summed E-state index contributed by atoms with van der Waals surface area (Å²) in [7, 11) is 1.52. The average molecular weight is 441 g/mol. The molecule has 1 aliphatic carbocycles. The van der Waals surface area contributed by atoms with Crippen LogP contribution >= 0.6 is 0 Å². The molecule has 3 aromatic heterocycles. The van der Waals surface area contributed by atoms with E-state index in [4.69, 9.17) is 15.0 Å². The van der Waals surface area contributed by atoms with Gasteiger partial charge in [0.1, 0.15) is 5.82 Å². The molecule has 0 fully saturated rings. The summed E-state index contributed by atoms with van der Waals surface area (Å²) in [5.41, 5.74) is 10.7. The topological polar surface area (TPSA) is 155 Å². The highest BCUT2D eigenvalue weighted by Crippen LogP contribution is 2.35. The molecular weight excluding hydrogens is 412 g/mol. The van der Waals surface area contributed by atoms with Crippen molar-refractivity contribution >= 4 is 11.9 Å². The van der Waals surface area contributed by atoms with Gasteiger partial charge in [0, 0.05) is 35.4 Å². The predicted molar refractivity (Wildman–Crippen MR) is 119 cm³/mol. The molecule has 6 N–H and O–H groups in total. The first-order valence-corrected chi connectivity index (χ1v) is 10.5. The number of nitrogens with two attached hydrogens (primary N) is 1. The molecule has 0 radical (unpaired) electrons. The quantitative estimate of drug-likeness (QED) is 0.331. The summed E-state index contributed by atoms with van der Waals surface area (Å²) in [5, 5.41) is 26.5.